The molecule has 0 spiro atoms. The van der Waals surface area contributed by atoms with Crippen LogP contribution >= 0.6 is 0 Å². The Hall–Kier alpha value is -1.24. The van der Waals surface area contributed by atoms with Crippen molar-refractivity contribution in [3.8, 4) is 0 Å². The molecule has 1 aromatic carbocycles. The lowest BCUT2D eigenvalue weighted by atomic mass is 9.99. The van der Waals surface area contributed by atoms with E-state index in [1.807, 2.05) is 0 Å². The third-order valence-corrected chi connectivity index (χ3v) is 2.47. The predicted molar refractivity (Wildman–Crippen MR) is 62.5 cm³/mol. The fourth-order valence-corrected chi connectivity index (χ4v) is 1.86. The van der Waals surface area contributed by atoms with Gasteiger partial charge in [0.2, 0.25) is 0 Å². The molecule has 0 radical (unpaired) electrons. The molecular formula is C13H17N. The summed E-state index contributed by atoms with van der Waals surface area (Å²) >= 11 is 0. The molecule has 1 heteroatoms. The number of benzene rings is 1. The molecule has 1 nitrogen and oxygen atoms in total. The number of rotatable bonds is 2. The van der Waals surface area contributed by atoms with Crippen molar-refractivity contribution in [1.82, 2.24) is 0 Å². The van der Waals surface area contributed by atoms with Crippen LogP contribution in [-0.4, -0.2) is 6.54 Å². The van der Waals surface area contributed by atoms with Crippen LogP contribution in [0, 0.1) is 5.92 Å². The lowest BCUT2D eigenvalue weighted by Crippen LogP contribution is -2.05. The molecule has 14 heavy (non-hydrogen) atoms. The van der Waals surface area contributed by atoms with Crippen LogP contribution in [0.2, 0.25) is 0 Å². The van der Waals surface area contributed by atoms with Gasteiger partial charge in [-0.25, -0.2) is 0 Å². The van der Waals surface area contributed by atoms with E-state index < -0.39 is 0 Å². The lowest BCUT2D eigenvalue weighted by molar-refractivity contribution is 0.647. The normalized spacial score (nSPS) is 13.9. The van der Waals surface area contributed by atoms with Crippen molar-refractivity contribution in [2.24, 2.45) is 5.92 Å². The molecule has 0 saturated carbocycles. The Kier molecular flexibility index (Phi) is 2.58. The Morgan fingerprint density at radius 2 is 2.21 bits per heavy atom. The highest BCUT2D eigenvalue weighted by Gasteiger charge is 2.05. The fraction of sp³-hybridized carbons (Fsp3) is 0.385. The van der Waals surface area contributed by atoms with E-state index in [1.54, 1.807) is 0 Å². The van der Waals surface area contributed by atoms with Crippen LogP contribution in [0.15, 0.2) is 24.3 Å². The van der Waals surface area contributed by atoms with Crippen molar-refractivity contribution in [2.75, 3.05) is 11.9 Å². The maximum atomic E-state index is 3.36. The zero-order valence-corrected chi connectivity index (χ0v) is 8.88. The largest absolute Gasteiger partial charge is 0.381 e. The van der Waals surface area contributed by atoms with E-state index in [1.165, 1.54) is 23.2 Å². The maximum Gasteiger partial charge on any atom is 0.0416 e. The molecule has 0 unspecified atom stereocenters. The summed E-state index contributed by atoms with van der Waals surface area (Å²) in [6.07, 6.45) is 5.54. The first-order chi connectivity index (χ1) is 6.75. The van der Waals surface area contributed by atoms with Crippen LogP contribution in [0.1, 0.15) is 25.0 Å². The number of hydrogen-bond acceptors (Lipinski definition) is 1. The Labute approximate surface area is 85.8 Å². The van der Waals surface area contributed by atoms with E-state index >= 15 is 0 Å². The van der Waals surface area contributed by atoms with Gasteiger partial charge in [0.15, 0.2) is 0 Å². The van der Waals surface area contributed by atoms with Gasteiger partial charge in [0.05, 0.1) is 0 Å². The number of hydrogen-bond donors (Lipinski definition) is 1. The van der Waals surface area contributed by atoms with Gasteiger partial charge in [0, 0.05) is 12.2 Å². The molecule has 0 bridgehead atoms. The zero-order valence-electron chi connectivity index (χ0n) is 8.88. The quantitative estimate of drug-likeness (QED) is 0.749. The van der Waals surface area contributed by atoms with Gasteiger partial charge in [-0.15, -0.1) is 0 Å². The molecule has 0 amide bonds. The van der Waals surface area contributed by atoms with Gasteiger partial charge in [-0.3, -0.25) is 0 Å². The summed E-state index contributed by atoms with van der Waals surface area (Å²) in [5.74, 6) is 0.730. The van der Waals surface area contributed by atoms with Crippen molar-refractivity contribution in [2.45, 2.75) is 20.3 Å². The van der Waals surface area contributed by atoms with Gasteiger partial charge >= 0.3 is 0 Å². The minimum atomic E-state index is 0.730. The molecule has 0 fully saturated rings. The average Bonchev–Trinajstić information content (AvgIpc) is 2.17. The topological polar surface area (TPSA) is 12.0 Å². The van der Waals surface area contributed by atoms with E-state index in [0.29, 0.717) is 0 Å². The van der Waals surface area contributed by atoms with Gasteiger partial charge in [-0.05, 0) is 35.6 Å². The molecule has 0 atom stereocenters. The smallest absolute Gasteiger partial charge is 0.0416 e. The molecular weight excluding hydrogens is 170 g/mol. The van der Waals surface area contributed by atoms with Crippen molar-refractivity contribution in [1.29, 1.82) is 0 Å². The molecule has 2 rings (SSSR count). The summed E-state index contributed by atoms with van der Waals surface area (Å²) in [5.41, 5.74) is 4.03. The molecule has 1 aromatic rings. The Balaban J connectivity index is 2.26. The van der Waals surface area contributed by atoms with Gasteiger partial charge in [0.25, 0.3) is 0 Å². The minimum absolute atomic E-state index is 0.730. The summed E-state index contributed by atoms with van der Waals surface area (Å²) in [6, 6.07) is 6.71. The molecule has 74 valence electrons. The van der Waals surface area contributed by atoms with Crippen molar-refractivity contribution in [3.05, 3.63) is 35.4 Å². The molecule has 1 heterocycles. The SMILES string of the molecule is CC(C)Cc1ccc2c(c1)C=CCN2. The highest BCUT2D eigenvalue weighted by atomic mass is 14.9. The van der Waals surface area contributed by atoms with Crippen LogP contribution in [-0.2, 0) is 6.42 Å². The van der Waals surface area contributed by atoms with Crippen LogP contribution in [0.3, 0.4) is 0 Å². The Bertz CT molecular complexity index is 350. The zero-order chi connectivity index (χ0) is 9.97. The molecule has 0 saturated heterocycles. The van der Waals surface area contributed by atoms with Gasteiger partial charge < -0.3 is 5.32 Å². The monoisotopic (exact) mass is 187 g/mol. The Morgan fingerprint density at radius 3 is 3.00 bits per heavy atom. The van der Waals surface area contributed by atoms with Crippen LogP contribution in [0.5, 0.6) is 0 Å². The van der Waals surface area contributed by atoms with E-state index in [0.717, 1.165) is 12.5 Å². The van der Waals surface area contributed by atoms with E-state index in [9.17, 15) is 0 Å². The first kappa shape index (κ1) is 9.32. The van der Waals surface area contributed by atoms with Crippen LogP contribution in [0.4, 0.5) is 5.69 Å². The highest BCUT2D eigenvalue weighted by molar-refractivity contribution is 5.70. The third kappa shape index (κ3) is 1.98. The Morgan fingerprint density at radius 1 is 1.36 bits per heavy atom. The first-order valence-electron chi connectivity index (χ1n) is 5.29. The second kappa shape index (κ2) is 3.87. The first-order valence-corrected chi connectivity index (χ1v) is 5.29. The predicted octanol–water partition coefficient (Wildman–Crippen LogP) is 3.32. The minimum Gasteiger partial charge on any atom is -0.381 e. The number of anilines is 1. The second-order valence-corrected chi connectivity index (χ2v) is 4.30. The third-order valence-electron chi connectivity index (χ3n) is 2.47. The van der Waals surface area contributed by atoms with Gasteiger partial charge in [-0.2, -0.15) is 0 Å². The van der Waals surface area contributed by atoms with Gasteiger partial charge in [-0.1, -0.05) is 32.1 Å². The van der Waals surface area contributed by atoms with Crippen molar-refractivity contribution >= 4 is 11.8 Å². The number of nitrogens with one attached hydrogen (secondary N) is 1. The van der Waals surface area contributed by atoms with Crippen LogP contribution in [0.25, 0.3) is 6.08 Å². The van der Waals surface area contributed by atoms with E-state index in [2.05, 4.69) is 49.5 Å². The summed E-state index contributed by atoms with van der Waals surface area (Å²) in [6.45, 7) is 5.47. The highest BCUT2D eigenvalue weighted by Crippen LogP contribution is 2.23. The summed E-state index contributed by atoms with van der Waals surface area (Å²) in [5, 5.41) is 3.36. The molecule has 0 aromatic heterocycles. The molecule has 1 aliphatic heterocycles. The molecule has 1 aliphatic rings. The summed E-state index contributed by atoms with van der Waals surface area (Å²) in [7, 11) is 0. The van der Waals surface area contributed by atoms with Crippen molar-refractivity contribution < 1.29 is 0 Å². The summed E-state index contributed by atoms with van der Waals surface area (Å²) < 4.78 is 0. The van der Waals surface area contributed by atoms with Crippen LogP contribution < -0.4 is 5.32 Å². The fourth-order valence-electron chi connectivity index (χ4n) is 1.86. The van der Waals surface area contributed by atoms with E-state index in [4.69, 9.17) is 0 Å². The van der Waals surface area contributed by atoms with Crippen molar-refractivity contribution in [3.63, 3.8) is 0 Å². The molecule has 1 N–H and O–H groups in total. The average molecular weight is 187 g/mol. The van der Waals surface area contributed by atoms with E-state index in [-0.39, 0.29) is 0 Å². The summed E-state index contributed by atoms with van der Waals surface area (Å²) in [4.78, 5) is 0. The second-order valence-electron chi connectivity index (χ2n) is 4.30. The lowest BCUT2D eigenvalue weighted by Gasteiger charge is -2.14. The van der Waals surface area contributed by atoms with Gasteiger partial charge in [0.1, 0.15) is 0 Å². The number of fused-ring (bicyclic) bond motifs is 1. The standard InChI is InChI=1S/C13H17N/c1-10(2)8-11-5-6-13-12(9-11)4-3-7-14-13/h3-6,9-10,14H,7-8H2,1-2H3. The maximum absolute atomic E-state index is 3.36. The molecule has 0 aliphatic carbocycles.